The average molecular weight is 503 g/mol. The molecule has 0 aliphatic carbocycles. The summed E-state index contributed by atoms with van der Waals surface area (Å²) in [6, 6.07) is 23.4. The van der Waals surface area contributed by atoms with Crippen LogP contribution in [0.3, 0.4) is 0 Å². The summed E-state index contributed by atoms with van der Waals surface area (Å²) in [7, 11) is 0. The number of hydrogen-bond donors (Lipinski definition) is 2. The molecule has 0 saturated carbocycles. The van der Waals surface area contributed by atoms with Crippen molar-refractivity contribution < 1.29 is 0 Å². The van der Waals surface area contributed by atoms with Gasteiger partial charge in [-0.15, -0.1) is 0 Å². The molecular formula is C27H34N8S. The van der Waals surface area contributed by atoms with Crippen LogP contribution in [0.5, 0.6) is 0 Å². The zero-order valence-corrected chi connectivity index (χ0v) is 21.6. The Balaban J connectivity index is 1.31. The zero-order valence-electron chi connectivity index (χ0n) is 20.8. The summed E-state index contributed by atoms with van der Waals surface area (Å²) in [5, 5.41) is 6.88. The highest BCUT2D eigenvalue weighted by Gasteiger charge is 2.23. The van der Waals surface area contributed by atoms with Crippen LogP contribution in [0.15, 0.2) is 66.7 Å². The second kappa shape index (κ2) is 11.4. The van der Waals surface area contributed by atoms with Gasteiger partial charge < -0.3 is 30.2 Å². The fourth-order valence-corrected chi connectivity index (χ4v) is 5.01. The third kappa shape index (κ3) is 5.79. The lowest BCUT2D eigenvalue weighted by Crippen LogP contribution is -2.48. The maximum Gasteiger partial charge on any atom is 0.232 e. The first kappa shape index (κ1) is 24.1. The lowest BCUT2D eigenvalue weighted by Gasteiger charge is -2.38. The van der Waals surface area contributed by atoms with E-state index in [1.54, 1.807) is 0 Å². The van der Waals surface area contributed by atoms with Crippen molar-refractivity contribution in [2.24, 2.45) is 0 Å². The predicted molar refractivity (Wildman–Crippen MR) is 154 cm³/mol. The van der Waals surface area contributed by atoms with Crippen LogP contribution in [-0.4, -0.2) is 74.0 Å². The maximum absolute atomic E-state index is 5.43. The quantitative estimate of drug-likeness (QED) is 0.494. The first-order valence-corrected chi connectivity index (χ1v) is 13.1. The standard InChI is InChI=1S/C27H34N8S/c1-2-28-27(36)31-26-29-24(34-17-13-32(14-18-34)22-9-5-3-6-10-22)21-25(30-26)35-19-15-33(16-20-35)23-11-7-4-8-12-23/h3-12,21H,2,13-20H2,1H3,(H2,28,29,30,31,36). The lowest BCUT2D eigenvalue weighted by molar-refractivity contribution is 0.639. The van der Waals surface area contributed by atoms with Crippen molar-refractivity contribution in [2.75, 3.05) is 83.8 Å². The highest BCUT2D eigenvalue weighted by Crippen LogP contribution is 2.26. The van der Waals surface area contributed by atoms with Gasteiger partial charge in [-0.2, -0.15) is 9.97 Å². The second-order valence-corrected chi connectivity index (χ2v) is 9.42. The number of piperazine rings is 2. The molecule has 0 atom stereocenters. The summed E-state index contributed by atoms with van der Waals surface area (Å²) in [4.78, 5) is 19.3. The van der Waals surface area contributed by atoms with Crippen LogP contribution in [0.1, 0.15) is 6.92 Å². The number of rotatable bonds is 6. The zero-order chi connectivity index (χ0) is 24.7. The molecule has 0 amide bonds. The van der Waals surface area contributed by atoms with E-state index in [0.717, 1.165) is 70.5 Å². The minimum Gasteiger partial charge on any atom is -0.368 e. The summed E-state index contributed by atoms with van der Waals surface area (Å²) in [5.74, 6) is 2.43. The van der Waals surface area contributed by atoms with E-state index in [4.69, 9.17) is 22.2 Å². The van der Waals surface area contributed by atoms with E-state index >= 15 is 0 Å². The van der Waals surface area contributed by atoms with Crippen molar-refractivity contribution in [1.29, 1.82) is 0 Å². The first-order chi connectivity index (χ1) is 17.7. The molecular weight excluding hydrogens is 468 g/mol. The van der Waals surface area contributed by atoms with Gasteiger partial charge >= 0.3 is 0 Å². The highest BCUT2D eigenvalue weighted by molar-refractivity contribution is 7.80. The summed E-state index contributed by atoms with van der Waals surface area (Å²) in [6.45, 7) is 10.2. The van der Waals surface area contributed by atoms with Gasteiger partial charge in [-0.25, -0.2) is 0 Å². The van der Waals surface area contributed by atoms with Crippen molar-refractivity contribution in [1.82, 2.24) is 15.3 Å². The number of hydrogen-bond acceptors (Lipinski definition) is 7. The van der Waals surface area contributed by atoms with E-state index in [9.17, 15) is 0 Å². The van der Waals surface area contributed by atoms with Crippen LogP contribution >= 0.6 is 12.2 Å². The number of anilines is 5. The van der Waals surface area contributed by atoms with Crippen molar-refractivity contribution in [3.63, 3.8) is 0 Å². The summed E-state index contributed by atoms with van der Waals surface area (Å²) in [5.41, 5.74) is 2.55. The molecule has 2 aromatic carbocycles. The van der Waals surface area contributed by atoms with E-state index in [0.29, 0.717) is 11.1 Å². The molecule has 8 nitrogen and oxygen atoms in total. The Labute approximate surface area is 218 Å². The molecule has 3 heterocycles. The SMILES string of the molecule is CCNC(=S)Nc1nc(N2CCN(c3ccccc3)CC2)cc(N2CCN(c3ccccc3)CC2)n1. The Bertz CT molecular complexity index is 1050. The average Bonchev–Trinajstić information content (AvgIpc) is 2.94. The van der Waals surface area contributed by atoms with E-state index in [1.807, 2.05) is 6.92 Å². The van der Waals surface area contributed by atoms with Gasteiger partial charge in [-0.3, -0.25) is 0 Å². The molecule has 2 aliphatic heterocycles. The number of benzene rings is 2. The number of nitrogens with zero attached hydrogens (tertiary/aromatic N) is 6. The van der Waals surface area contributed by atoms with Crippen LogP contribution in [-0.2, 0) is 0 Å². The smallest absolute Gasteiger partial charge is 0.232 e. The van der Waals surface area contributed by atoms with Crippen LogP contribution in [0.2, 0.25) is 0 Å². The van der Waals surface area contributed by atoms with Gasteiger partial charge in [-0.05, 0) is 43.4 Å². The number of thiocarbonyl (C=S) groups is 1. The Hall–Kier alpha value is -3.59. The van der Waals surface area contributed by atoms with Gasteiger partial charge in [0.1, 0.15) is 11.6 Å². The van der Waals surface area contributed by atoms with E-state index in [-0.39, 0.29) is 0 Å². The summed E-state index contributed by atoms with van der Waals surface area (Å²) >= 11 is 5.43. The maximum atomic E-state index is 5.43. The molecule has 0 unspecified atom stereocenters. The third-order valence-corrected chi connectivity index (χ3v) is 6.96. The fraction of sp³-hybridized carbons (Fsp3) is 0.370. The van der Waals surface area contributed by atoms with Crippen molar-refractivity contribution in [3.05, 3.63) is 66.7 Å². The molecule has 36 heavy (non-hydrogen) atoms. The third-order valence-electron chi connectivity index (χ3n) is 6.71. The first-order valence-electron chi connectivity index (χ1n) is 12.7. The molecule has 2 fully saturated rings. The molecule has 2 N–H and O–H groups in total. The molecule has 2 aliphatic rings. The number of para-hydroxylation sites is 2. The summed E-state index contributed by atoms with van der Waals surface area (Å²) in [6.07, 6.45) is 0. The van der Waals surface area contributed by atoms with E-state index in [1.165, 1.54) is 11.4 Å². The van der Waals surface area contributed by atoms with Crippen molar-refractivity contribution >= 4 is 46.3 Å². The van der Waals surface area contributed by atoms with Crippen LogP contribution in [0, 0.1) is 0 Å². The van der Waals surface area contributed by atoms with E-state index in [2.05, 4.69) is 97.0 Å². The normalized spacial score (nSPS) is 16.1. The molecule has 9 heteroatoms. The number of nitrogens with one attached hydrogen (secondary N) is 2. The molecule has 1 aromatic heterocycles. The molecule has 2 saturated heterocycles. The van der Waals surface area contributed by atoms with Gasteiger partial charge in [0.2, 0.25) is 5.95 Å². The van der Waals surface area contributed by atoms with Crippen LogP contribution in [0.4, 0.5) is 29.0 Å². The van der Waals surface area contributed by atoms with Gasteiger partial charge in [0.25, 0.3) is 0 Å². The molecule has 0 radical (unpaired) electrons. The van der Waals surface area contributed by atoms with Crippen LogP contribution in [0.25, 0.3) is 0 Å². The highest BCUT2D eigenvalue weighted by atomic mass is 32.1. The molecule has 0 bridgehead atoms. The summed E-state index contributed by atoms with van der Waals surface area (Å²) < 4.78 is 0. The Morgan fingerprint density at radius 2 is 1.11 bits per heavy atom. The predicted octanol–water partition coefficient (Wildman–Crippen LogP) is 3.44. The van der Waals surface area contributed by atoms with Gasteiger partial charge in [0.05, 0.1) is 0 Å². The van der Waals surface area contributed by atoms with Crippen molar-refractivity contribution in [2.45, 2.75) is 6.92 Å². The molecule has 3 aromatic rings. The second-order valence-electron chi connectivity index (χ2n) is 9.01. The molecule has 0 spiro atoms. The van der Waals surface area contributed by atoms with Gasteiger partial charge in [0.15, 0.2) is 5.11 Å². The van der Waals surface area contributed by atoms with Crippen molar-refractivity contribution in [3.8, 4) is 0 Å². The molecule has 5 rings (SSSR count). The Morgan fingerprint density at radius 1 is 0.694 bits per heavy atom. The minimum absolute atomic E-state index is 0.545. The van der Waals surface area contributed by atoms with Gasteiger partial charge in [-0.1, -0.05) is 36.4 Å². The number of aromatic nitrogens is 2. The topological polar surface area (TPSA) is 62.8 Å². The fourth-order valence-electron chi connectivity index (χ4n) is 4.77. The monoisotopic (exact) mass is 502 g/mol. The van der Waals surface area contributed by atoms with E-state index < -0.39 is 0 Å². The van der Waals surface area contributed by atoms with Crippen LogP contribution < -0.4 is 30.2 Å². The largest absolute Gasteiger partial charge is 0.368 e. The minimum atomic E-state index is 0.545. The Morgan fingerprint density at radius 3 is 1.53 bits per heavy atom. The molecule has 188 valence electrons. The van der Waals surface area contributed by atoms with Gasteiger partial charge in [0, 0.05) is 76.3 Å². The Kier molecular flexibility index (Phi) is 7.66. The lowest BCUT2D eigenvalue weighted by atomic mass is 10.2.